The van der Waals surface area contributed by atoms with Gasteiger partial charge in [-0.05, 0) is 43.2 Å². The first-order chi connectivity index (χ1) is 13.2. The van der Waals surface area contributed by atoms with Crippen LogP contribution in [0.2, 0.25) is 0 Å². The second kappa shape index (κ2) is 7.27. The van der Waals surface area contributed by atoms with E-state index in [1.165, 1.54) is 11.1 Å². The Kier molecular flexibility index (Phi) is 4.67. The first-order valence-electron chi connectivity index (χ1n) is 9.37. The number of nitrogens with one attached hydrogen (secondary N) is 1. The number of aromatic nitrogens is 2. The summed E-state index contributed by atoms with van der Waals surface area (Å²) in [6.45, 7) is 7.19. The summed E-state index contributed by atoms with van der Waals surface area (Å²) in [6.07, 6.45) is 1.83. The van der Waals surface area contributed by atoms with Crippen molar-refractivity contribution in [2.75, 3.05) is 4.90 Å². The van der Waals surface area contributed by atoms with Crippen LogP contribution in [-0.4, -0.2) is 15.7 Å². The van der Waals surface area contributed by atoms with E-state index in [1.807, 2.05) is 36.0 Å². The van der Waals surface area contributed by atoms with Gasteiger partial charge < -0.3 is 10.2 Å². The Morgan fingerprint density at radius 1 is 1.11 bits per heavy atom. The van der Waals surface area contributed by atoms with E-state index in [-0.39, 0.29) is 5.91 Å². The molecule has 0 saturated carbocycles. The molecular formula is C22H24N4O. The largest absolute Gasteiger partial charge is 0.363 e. The average molecular weight is 360 g/mol. The lowest BCUT2D eigenvalue weighted by atomic mass is 10.1. The fraction of sp³-hybridized carbons (Fsp3) is 0.273. The molecule has 0 aliphatic carbocycles. The van der Waals surface area contributed by atoms with Crippen molar-refractivity contribution in [3.63, 3.8) is 0 Å². The molecule has 4 rings (SSSR count). The highest BCUT2D eigenvalue weighted by Gasteiger charge is 2.19. The summed E-state index contributed by atoms with van der Waals surface area (Å²) in [5, 5.41) is 7.35. The maximum Gasteiger partial charge on any atom is 0.251 e. The Bertz CT molecular complexity index is 951. The van der Waals surface area contributed by atoms with Gasteiger partial charge in [0.1, 0.15) is 0 Å². The summed E-state index contributed by atoms with van der Waals surface area (Å²) in [5.41, 5.74) is 6.63. The zero-order valence-corrected chi connectivity index (χ0v) is 15.8. The molecule has 3 aromatic rings. The summed E-state index contributed by atoms with van der Waals surface area (Å²) < 4.78 is 1.94. The van der Waals surface area contributed by atoms with Crippen molar-refractivity contribution in [2.45, 2.75) is 40.0 Å². The second-order valence-corrected chi connectivity index (χ2v) is 6.93. The summed E-state index contributed by atoms with van der Waals surface area (Å²) in [4.78, 5) is 14.9. The third kappa shape index (κ3) is 3.45. The minimum absolute atomic E-state index is 0.0581. The monoisotopic (exact) mass is 360 g/mol. The molecule has 27 heavy (non-hydrogen) atoms. The van der Waals surface area contributed by atoms with Gasteiger partial charge in [0.05, 0.1) is 6.20 Å². The van der Waals surface area contributed by atoms with E-state index in [9.17, 15) is 4.79 Å². The van der Waals surface area contributed by atoms with Gasteiger partial charge in [-0.15, -0.1) is 0 Å². The van der Waals surface area contributed by atoms with E-state index in [1.54, 1.807) is 0 Å². The van der Waals surface area contributed by atoms with Gasteiger partial charge >= 0.3 is 0 Å². The molecule has 1 aromatic heterocycles. The van der Waals surface area contributed by atoms with Gasteiger partial charge in [-0.25, -0.2) is 0 Å². The van der Waals surface area contributed by atoms with Gasteiger partial charge in [0.15, 0.2) is 0 Å². The fourth-order valence-corrected chi connectivity index (χ4v) is 3.61. The van der Waals surface area contributed by atoms with E-state index in [0.29, 0.717) is 12.1 Å². The van der Waals surface area contributed by atoms with E-state index in [4.69, 9.17) is 0 Å². The Balaban J connectivity index is 1.44. The Morgan fingerprint density at radius 2 is 1.85 bits per heavy atom. The standard InChI is InChI=1S/C22H24N4O/c1-3-26-16(2)20(13-24-26)12-23-22(27)17-9-6-10-21(11-17)25-14-18-7-4-5-8-19(18)15-25/h4-11,13H,3,12,14-15H2,1-2H3,(H,23,27). The molecule has 138 valence electrons. The van der Waals surface area contributed by atoms with Gasteiger partial charge in [0.25, 0.3) is 5.91 Å². The topological polar surface area (TPSA) is 50.2 Å². The number of anilines is 1. The molecule has 0 saturated heterocycles. The highest BCUT2D eigenvalue weighted by molar-refractivity contribution is 5.95. The molecule has 0 spiro atoms. The van der Waals surface area contributed by atoms with E-state index in [0.717, 1.165) is 36.6 Å². The molecule has 0 radical (unpaired) electrons. The lowest BCUT2D eigenvalue weighted by Crippen LogP contribution is -2.23. The lowest BCUT2D eigenvalue weighted by molar-refractivity contribution is 0.0951. The quantitative estimate of drug-likeness (QED) is 0.755. The third-order valence-corrected chi connectivity index (χ3v) is 5.26. The van der Waals surface area contributed by atoms with Gasteiger partial charge in [-0.1, -0.05) is 30.3 Å². The maximum absolute atomic E-state index is 12.6. The Hall–Kier alpha value is -3.08. The number of hydrogen-bond donors (Lipinski definition) is 1. The first kappa shape index (κ1) is 17.3. The van der Waals surface area contributed by atoms with Crippen LogP contribution in [0.1, 0.15) is 39.7 Å². The molecule has 0 atom stereocenters. The summed E-state index contributed by atoms with van der Waals surface area (Å²) in [5.74, 6) is -0.0581. The van der Waals surface area contributed by atoms with Crippen molar-refractivity contribution >= 4 is 11.6 Å². The fourth-order valence-electron chi connectivity index (χ4n) is 3.61. The van der Waals surface area contributed by atoms with Crippen LogP contribution in [0.4, 0.5) is 5.69 Å². The molecule has 1 amide bonds. The number of aryl methyl sites for hydroxylation is 1. The second-order valence-electron chi connectivity index (χ2n) is 6.93. The van der Waals surface area contributed by atoms with Crippen LogP contribution in [0.15, 0.2) is 54.7 Å². The average Bonchev–Trinajstić information content (AvgIpc) is 3.29. The molecular weight excluding hydrogens is 336 g/mol. The van der Waals surface area contributed by atoms with Crippen LogP contribution in [0, 0.1) is 6.92 Å². The van der Waals surface area contributed by atoms with Crippen molar-refractivity contribution in [3.05, 3.63) is 82.7 Å². The number of amides is 1. The van der Waals surface area contributed by atoms with Crippen LogP contribution >= 0.6 is 0 Å². The predicted molar refractivity (Wildman–Crippen MR) is 107 cm³/mol. The van der Waals surface area contributed by atoms with Gasteiger partial charge in [-0.2, -0.15) is 5.10 Å². The van der Waals surface area contributed by atoms with Crippen LogP contribution in [0.3, 0.4) is 0 Å². The Labute approximate surface area is 159 Å². The molecule has 1 aliphatic heterocycles. The van der Waals surface area contributed by atoms with Crippen LogP contribution in [0.25, 0.3) is 0 Å². The molecule has 0 bridgehead atoms. The molecule has 2 heterocycles. The van der Waals surface area contributed by atoms with Crippen molar-refractivity contribution in [3.8, 4) is 0 Å². The third-order valence-electron chi connectivity index (χ3n) is 5.26. The summed E-state index contributed by atoms with van der Waals surface area (Å²) in [7, 11) is 0. The molecule has 5 heteroatoms. The van der Waals surface area contributed by atoms with Crippen LogP contribution < -0.4 is 10.2 Å². The van der Waals surface area contributed by atoms with Crippen molar-refractivity contribution in [1.29, 1.82) is 0 Å². The molecule has 2 aromatic carbocycles. The van der Waals surface area contributed by atoms with E-state index >= 15 is 0 Å². The van der Waals surface area contributed by atoms with Crippen molar-refractivity contribution in [1.82, 2.24) is 15.1 Å². The normalized spacial score (nSPS) is 12.9. The van der Waals surface area contributed by atoms with Crippen LogP contribution in [-0.2, 0) is 26.2 Å². The number of rotatable bonds is 5. The summed E-state index contributed by atoms with van der Waals surface area (Å²) in [6, 6.07) is 16.4. The molecule has 0 fully saturated rings. The van der Waals surface area contributed by atoms with Crippen molar-refractivity contribution in [2.24, 2.45) is 0 Å². The molecule has 0 unspecified atom stereocenters. The van der Waals surface area contributed by atoms with Gasteiger partial charge in [-0.3, -0.25) is 9.48 Å². The zero-order valence-electron chi connectivity index (χ0n) is 15.8. The number of nitrogens with zero attached hydrogens (tertiary/aromatic N) is 3. The number of fused-ring (bicyclic) bond motifs is 1. The maximum atomic E-state index is 12.6. The van der Waals surface area contributed by atoms with Crippen LogP contribution in [0.5, 0.6) is 0 Å². The SMILES string of the molecule is CCn1ncc(CNC(=O)c2cccc(N3Cc4ccccc4C3)c2)c1C. The van der Waals surface area contributed by atoms with E-state index < -0.39 is 0 Å². The predicted octanol–water partition coefficient (Wildman–Crippen LogP) is 3.66. The molecule has 5 nitrogen and oxygen atoms in total. The first-order valence-corrected chi connectivity index (χ1v) is 9.37. The minimum Gasteiger partial charge on any atom is -0.363 e. The molecule has 1 aliphatic rings. The highest BCUT2D eigenvalue weighted by Crippen LogP contribution is 2.28. The van der Waals surface area contributed by atoms with Crippen molar-refractivity contribution < 1.29 is 4.79 Å². The Morgan fingerprint density at radius 3 is 2.52 bits per heavy atom. The number of benzene rings is 2. The summed E-state index contributed by atoms with van der Waals surface area (Å²) >= 11 is 0. The highest BCUT2D eigenvalue weighted by atomic mass is 16.1. The minimum atomic E-state index is -0.0581. The number of hydrogen-bond acceptors (Lipinski definition) is 3. The molecule has 1 N–H and O–H groups in total. The zero-order chi connectivity index (χ0) is 18.8. The smallest absolute Gasteiger partial charge is 0.251 e. The van der Waals surface area contributed by atoms with E-state index in [2.05, 4.69) is 52.6 Å². The lowest BCUT2D eigenvalue weighted by Gasteiger charge is -2.18. The number of carbonyl (C=O) groups excluding carboxylic acids is 1. The number of carbonyl (C=O) groups is 1. The van der Waals surface area contributed by atoms with Gasteiger partial charge in [0.2, 0.25) is 0 Å². The van der Waals surface area contributed by atoms with Gasteiger partial charge in [0, 0.05) is 48.7 Å².